The van der Waals surface area contributed by atoms with Gasteiger partial charge in [0.25, 0.3) is 0 Å². The van der Waals surface area contributed by atoms with Gasteiger partial charge in [-0.15, -0.1) is 0 Å². The first-order valence-corrected chi connectivity index (χ1v) is 8.02. The van der Waals surface area contributed by atoms with Crippen molar-refractivity contribution in [2.75, 3.05) is 18.5 Å². The Balaban J connectivity index is 2.74. The second-order valence-corrected chi connectivity index (χ2v) is 7.05. The fourth-order valence-electron chi connectivity index (χ4n) is 1.87. The zero-order valence-corrected chi connectivity index (χ0v) is 12.7. The van der Waals surface area contributed by atoms with Crippen molar-refractivity contribution in [2.45, 2.75) is 32.0 Å². The first-order chi connectivity index (χ1) is 9.53. The predicted molar refractivity (Wildman–Crippen MR) is 76.1 cm³/mol. The van der Waals surface area contributed by atoms with Crippen LogP contribution in [0, 0.1) is 0 Å². The van der Waals surface area contributed by atoms with Gasteiger partial charge in [-0.2, -0.15) is 17.5 Å². The van der Waals surface area contributed by atoms with Gasteiger partial charge in [-0.3, -0.25) is 0 Å². The fraction of sp³-hybridized carbons (Fsp3) is 0.538. The second kappa shape index (κ2) is 6.65. The molecular formula is C13H19F3N2O2S. The lowest BCUT2D eigenvalue weighted by Crippen LogP contribution is -2.32. The van der Waals surface area contributed by atoms with Gasteiger partial charge >= 0.3 is 6.18 Å². The van der Waals surface area contributed by atoms with E-state index in [0.29, 0.717) is 11.3 Å². The van der Waals surface area contributed by atoms with Gasteiger partial charge in [-0.25, -0.2) is 8.42 Å². The van der Waals surface area contributed by atoms with Crippen LogP contribution in [0.2, 0.25) is 0 Å². The Labute approximate surface area is 122 Å². The molecule has 0 amide bonds. The van der Waals surface area contributed by atoms with Gasteiger partial charge in [0.2, 0.25) is 10.0 Å². The Kier molecular flexibility index (Phi) is 5.63. The molecule has 0 fully saturated rings. The Morgan fingerprint density at radius 2 is 1.95 bits per heavy atom. The Bertz CT molecular complexity index is 573. The summed E-state index contributed by atoms with van der Waals surface area (Å²) in [5.74, 6) is -0.532. The lowest BCUT2D eigenvalue weighted by Gasteiger charge is -2.25. The summed E-state index contributed by atoms with van der Waals surface area (Å²) in [7, 11) is -2.39. The summed E-state index contributed by atoms with van der Waals surface area (Å²) < 4.78 is 61.4. The van der Waals surface area contributed by atoms with E-state index in [1.54, 1.807) is 31.2 Å². The van der Waals surface area contributed by atoms with Crippen molar-refractivity contribution in [2.24, 2.45) is 0 Å². The van der Waals surface area contributed by atoms with Crippen LogP contribution in [0.25, 0.3) is 0 Å². The van der Waals surface area contributed by atoms with Crippen molar-refractivity contribution >= 4 is 15.7 Å². The number of sulfonamides is 1. The quantitative estimate of drug-likeness (QED) is 0.818. The van der Waals surface area contributed by atoms with Crippen LogP contribution < -0.4 is 5.73 Å². The number of rotatable bonds is 6. The number of nitrogens with two attached hydrogens (primary N) is 1. The van der Waals surface area contributed by atoms with Crippen LogP contribution >= 0.6 is 0 Å². The summed E-state index contributed by atoms with van der Waals surface area (Å²) in [6, 6.07) is 6.25. The van der Waals surface area contributed by atoms with E-state index >= 15 is 0 Å². The van der Waals surface area contributed by atoms with Crippen LogP contribution in [0.5, 0.6) is 0 Å². The number of hydrogen-bond donors (Lipinski definition) is 1. The maximum atomic E-state index is 12.1. The maximum absolute atomic E-state index is 12.1. The molecule has 1 rings (SSSR count). The van der Waals surface area contributed by atoms with Gasteiger partial charge in [0.05, 0.1) is 5.75 Å². The van der Waals surface area contributed by atoms with Crippen molar-refractivity contribution in [3.05, 3.63) is 29.8 Å². The number of alkyl halides is 3. The highest BCUT2D eigenvalue weighted by Crippen LogP contribution is 2.25. The summed E-state index contributed by atoms with van der Waals surface area (Å²) >= 11 is 0. The van der Waals surface area contributed by atoms with Gasteiger partial charge in [-0.05, 0) is 31.0 Å². The molecule has 0 heterocycles. The third-order valence-electron chi connectivity index (χ3n) is 3.24. The Morgan fingerprint density at radius 1 is 1.33 bits per heavy atom. The van der Waals surface area contributed by atoms with E-state index in [0.717, 1.165) is 4.31 Å². The van der Waals surface area contributed by atoms with E-state index in [1.165, 1.54) is 7.05 Å². The summed E-state index contributed by atoms with van der Waals surface area (Å²) in [4.78, 5) is 0. The Hall–Kier alpha value is -1.28. The molecule has 0 aliphatic heterocycles. The molecule has 0 spiro atoms. The summed E-state index contributed by atoms with van der Waals surface area (Å²) in [5.41, 5.74) is 6.83. The highest BCUT2D eigenvalue weighted by Gasteiger charge is 2.29. The molecule has 4 nitrogen and oxygen atoms in total. The smallest absolute Gasteiger partial charge is 0.389 e. The minimum Gasteiger partial charge on any atom is -0.399 e. The molecule has 21 heavy (non-hydrogen) atoms. The molecule has 0 aliphatic carbocycles. The van der Waals surface area contributed by atoms with E-state index in [1.807, 2.05) is 0 Å². The summed E-state index contributed by atoms with van der Waals surface area (Å²) in [6.45, 7) is 1.66. The molecule has 0 bridgehead atoms. The van der Waals surface area contributed by atoms with E-state index in [-0.39, 0.29) is 0 Å². The van der Waals surface area contributed by atoms with Crippen molar-refractivity contribution in [3.63, 3.8) is 0 Å². The van der Waals surface area contributed by atoms with Crippen molar-refractivity contribution in [1.29, 1.82) is 0 Å². The number of nitrogens with zero attached hydrogens (tertiary/aromatic N) is 1. The van der Waals surface area contributed by atoms with Gasteiger partial charge < -0.3 is 5.73 Å². The average Bonchev–Trinajstić information content (AvgIpc) is 2.35. The number of nitrogen functional groups attached to an aromatic ring is 1. The zero-order chi connectivity index (χ0) is 16.3. The van der Waals surface area contributed by atoms with Crippen molar-refractivity contribution in [1.82, 2.24) is 4.31 Å². The standard InChI is InChI=1S/C13H19F3N2O2S/c1-10(11-5-3-6-12(17)9-11)18(2)21(19,20)8-4-7-13(14,15)16/h3,5-6,9-10H,4,7-8,17H2,1-2H3. The summed E-state index contributed by atoms with van der Waals surface area (Å²) in [6.07, 6.45) is -5.89. The van der Waals surface area contributed by atoms with Gasteiger partial charge in [-0.1, -0.05) is 12.1 Å². The normalized spacial score (nSPS) is 14.4. The highest BCUT2D eigenvalue weighted by molar-refractivity contribution is 7.89. The molecule has 0 aliphatic rings. The number of hydrogen-bond acceptors (Lipinski definition) is 3. The maximum Gasteiger partial charge on any atom is 0.389 e. The average molecular weight is 324 g/mol. The predicted octanol–water partition coefficient (Wildman–Crippen LogP) is 2.93. The molecule has 1 aromatic carbocycles. The van der Waals surface area contributed by atoms with Crippen LogP contribution in [0.4, 0.5) is 18.9 Å². The van der Waals surface area contributed by atoms with Gasteiger partial charge in [0, 0.05) is 25.2 Å². The first kappa shape index (κ1) is 17.8. The summed E-state index contributed by atoms with van der Waals surface area (Å²) in [5, 5.41) is 0. The van der Waals surface area contributed by atoms with Crippen LogP contribution in [-0.4, -0.2) is 31.7 Å². The van der Waals surface area contributed by atoms with Gasteiger partial charge in [0.1, 0.15) is 0 Å². The topological polar surface area (TPSA) is 63.4 Å². The minimum atomic E-state index is -4.34. The first-order valence-electron chi connectivity index (χ1n) is 6.41. The highest BCUT2D eigenvalue weighted by atomic mass is 32.2. The molecule has 0 aromatic heterocycles. The molecule has 1 unspecified atom stereocenters. The third kappa shape index (κ3) is 5.55. The molecule has 0 saturated heterocycles. The van der Waals surface area contributed by atoms with Gasteiger partial charge in [0.15, 0.2) is 0 Å². The molecule has 1 aromatic rings. The lowest BCUT2D eigenvalue weighted by atomic mass is 10.1. The minimum absolute atomic E-state index is 0.445. The van der Waals surface area contributed by atoms with Crippen LogP contribution in [0.1, 0.15) is 31.4 Å². The van der Waals surface area contributed by atoms with E-state index in [4.69, 9.17) is 5.73 Å². The van der Waals surface area contributed by atoms with E-state index in [2.05, 4.69) is 0 Å². The van der Waals surface area contributed by atoms with Crippen LogP contribution in [-0.2, 0) is 10.0 Å². The third-order valence-corrected chi connectivity index (χ3v) is 5.24. The van der Waals surface area contributed by atoms with E-state index in [9.17, 15) is 21.6 Å². The SMILES string of the molecule is CC(c1cccc(N)c1)N(C)S(=O)(=O)CCCC(F)(F)F. The van der Waals surface area contributed by atoms with Crippen LogP contribution in [0.15, 0.2) is 24.3 Å². The fourth-order valence-corrected chi connectivity index (χ4v) is 3.27. The van der Waals surface area contributed by atoms with Crippen LogP contribution in [0.3, 0.4) is 0 Å². The molecule has 2 N–H and O–H groups in total. The molecule has 0 saturated carbocycles. The molecular weight excluding hydrogens is 305 g/mol. The van der Waals surface area contributed by atoms with Crippen molar-refractivity contribution < 1.29 is 21.6 Å². The number of benzene rings is 1. The Morgan fingerprint density at radius 3 is 2.48 bits per heavy atom. The lowest BCUT2D eigenvalue weighted by molar-refractivity contribution is -0.134. The molecule has 1 atom stereocenters. The molecule has 8 heteroatoms. The number of anilines is 1. The second-order valence-electron chi connectivity index (χ2n) is 4.90. The zero-order valence-electron chi connectivity index (χ0n) is 11.9. The monoisotopic (exact) mass is 324 g/mol. The number of halogens is 3. The molecule has 0 radical (unpaired) electrons. The molecule has 120 valence electrons. The van der Waals surface area contributed by atoms with E-state index < -0.39 is 40.8 Å². The largest absolute Gasteiger partial charge is 0.399 e. The van der Waals surface area contributed by atoms with Crippen molar-refractivity contribution in [3.8, 4) is 0 Å².